The number of aromatic nitrogens is 2. The highest BCUT2D eigenvalue weighted by atomic mass is 16.1. The molecule has 0 aliphatic carbocycles. The Bertz CT molecular complexity index is 569. The van der Waals surface area contributed by atoms with Crippen LogP contribution in [0.4, 0.5) is 0 Å². The molecule has 2 heterocycles. The molecule has 0 atom stereocenters. The molecular weight excluding hydrogens is 200 g/mol. The van der Waals surface area contributed by atoms with Crippen molar-refractivity contribution in [2.24, 2.45) is 0 Å². The Balaban J connectivity index is 2.53. The molecule has 82 valence electrons. The van der Waals surface area contributed by atoms with Crippen LogP contribution in [-0.4, -0.2) is 9.55 Å². The van der Waals surface area contributed by atoms with Crippen LogP contribution in [0, 0.1) is 0 Å². The molecule has 16 heavy (non-hydrogen) atoms. The van der Waals surface area contributed by atoms with Crippen molar-refractivity contribution in [3.8, 4) is 0 Å². The van der Waals surface area contributed by atoms with Crippen molar-refractivity contribution in [2.75, 3.05) is 0 Å². The van der Waals surface area contributed by atoms with Crippen molar-refractivity contribution in [1.82, 2.24) is 9.55 Å². The van der Waals surface area contributed by atoms with E-state index in [1.807, 2.05) is 18.2 Å². The molecule has 0 saturated heterocycles. The monoisotopic (exact) mass is 214 g/mol. The number of rotatable bonds is 3. The van der Waals surface area contributed by atoms with E-state index in [1.54, 1.807) is 22.9 Å². The second-order valence-electron chi connectivity index (χ2n) is 3.57. The second kappa shape index (κ2) is 4.75. The van der Waals surface area contributed by atoms with Crippen LogP contribution in [0.15, 0.2) is 47.4 Å². The van der Waals surface area contributed by atoms with Crippen LogP contribution in [0.2, 0.25) is 0 Å². The fourth-order valence-electron chi connectivity index (χ4n) is 1.66. The maximum atomic E-state index is 11.7. The van der Waals surface area contributed by atoms with Gasteiger partial charge in [-0.1, -0.05) is 19.1 Å². The minimum absolute atomic E-state index is 0.0150. The van der Waals surface area contributed by atoms with E-state index in [2.05, 4.69) is 18.0 Å². The summed E-state index contributed by atoms with van der Waals surface area (Å²) >= 11 is 0. The number of hydrogen-bond donors (Lipinski definition) is 0. The lowest BCUT2D eigenvalue weighted by molar-refractivity contribution is 0.812. The van der Waals surface area contributed by atoms with Gasteiger partial charge in [-0.3, -0.25) is 9.78 Å². The van der Waals surface area contributed by atoms with E-state index in [-0.39, 0.29) is 5.56 Å². The van der Waals surface area contributed by atoms with Crippen molar-refractivity contribution >= 4 is 11.0 Å². The van der Waals surface area contributed by atoms with Crippen LogP contribution in [0.3, 0.4) is 0 Å². The highest BCUT2D eigenvalue weighted by molar-refractivity contribution is 5.73. The molecule has 0 amide bonds. The lowest BCUT2D eigenvalue weighted by Crippen LogP contribution is -2.18. The average molecular weight is 214 g/mol. The van der Waals surface area contributed by atoms with Crippen molar-refractivity contribution < 1.29 is 0 Å². The molecule has 3 heteroatoms. The van der Waals surface area contributed by atoms with Crippen molar-refractivity contribution in [3.05, 3.63) is 53.0 Å². The Morgan fingerprint density at radius 3 is 3.00 bits per heavy atom. The van der Waals surface area contributed by atoms with Crippen molar-refractivity contribution in [2.45, 2.75) is 19.9 Å². The molecule has 3 nitrogen and oxygen atoms in total. The van der Waals surface area contributed by atoms with E-state index in [0.717, 1.165) is 17.5 Å². The van der Waals surface area contributed by atoms with Gasteiger partial charge >= 0.3 is 0 Å². The van der Waals surface area contributed by atoms with E-state index in [1.165, 1.54) is 0 Å². The van der Waals surface area contributed by atoms with Crippen LogP contribution < -0.4 is 5.56 Å². The normalized spacial score (nSPS) is 11.3. The van der Waals surface area contributed by atoms with Gasteiger partial charge in [-0.15, -0.1) is 0 Å². The van der Waals surface area contributed by atoms with Crippen molar-refractivity contribution in [3.63, 3.8) is 0 Å². The quantitative estimate of drug-likeness (QED) is 0.735. The third-order valence-corrected chi connectivity index (χ3v) is 2.45. The SMILES string of the molecule is CCC=CCn1c(=O)ccc2ncccc21. The van der Waals surface area contributed by atoms with Crippen LogP contribution in [-0.2, 0) is 6.54 Å². The minimum atomic E-state index is 0.0150. The summed E-state index contributed by atoms with van der Waals surface area (Å²) in [6.45, 7) is 2.68. The summed E-state index contributed by atoms with van der Waals surface area (Å²) in [4.78, 5) is 16.0. The summed E-state index contributed by atoms with van der Waals surface area (Å²) < 4.78 is 1.73. The number of fused-ring (bicyclic) bond motifs is 1. The van der Waals surface area contributed by atoms with E-state index in [9.17, 15) is 4.79 Å². The molecule has 0 bridgehead atoms. The number of allylic oxidation sites excluding steroid dienone is 2. The highest BCUT2D eigenvalue weighted by Crippen LogP contribution is 2.07. The fourth-order valence-corrected chi connectivity index (χ4v) is 1.66. The van der Waals surface area contributed by atoms with Crippen LogP contribution in [0.1, 0.15) is 13.3 Å². The first-order chi connectivity index (χ1) is 7.83. The first-order valence-electron chi connectivity index (χ1n) is 5.42. The molecule has 0 aliphatic heterocycles. The largest absolute Gasteiger partial charge is 0.303 e. The van der Waals surface area contributed by atoms with Gasteiger partial charge in [-0.25, -0.2) is 0 Å². The Labute approximate surface area is 94.1 Å². The Kier molecular flexibility index (Phi) is 3.15. The van der Waals surface area contributed by atoms with Crippen LogP contribution >= 0.6 is 0 Å². The zero-order chi connectivity index (χ0) is 11.4. The smallest absolute Gasteiger partial charge is 0.251 e. The molecule has 0 aliphatic rings. The maximum absolute atomic E-state index is 11.7. The molecular formula is C13H14N2O. The molecule has 0 saturated carbocycles. The van der Waals surface area contributed by atoms with Gasteiger partial charge in [0.1, 0.15) is 0 Å². The molecule has 0 spiro atoms. The first kappa shape index (κ1) is 10.6. The number of hydrogen-bond acceptors (Lipinski definition) is 2. The molecule has 2 rings (SSSR count). The zero-order valence-electron chi connectivity index (χ0n) is 9.26. The molecule has 2 aromatic heterocycles. The summed E-state index contributed by atoms with van der Waals surface area (Å²) in [5.41, 5.74) is 1.75. The van der Waals surface area contributed by atoms with Gasteiger partial charge in [-0.2, -0.15) is 0 Å². The fraction of sp³-hybridized carbons (Fsp3) is 0.231. The van der Waals surface area contributed by atoms with Crippen LogP contribution in [0.25, 0.3) is 11.0 Å². The summed E-state index contributed by atoms with van der Waals surface area (Å²) in [5, 5.41) is 0. The lowest BCUT2D eigenvalue weighted by Gasteiger charge is -2.06. The van der Waals surface area contributed by atoms with Gasteiger partial charge in [0, 0.05) is 18.8 Å². The lowest BCUT2D eigenvalue weighted by atomic mass is 10.3. The predicted molar refractivity (Wildman–Crippen MR) is 65.4 cm³/mol. The van der Waals surface area contributed by atoms with E-state index in [4.69, 9.17) is 0 Å². The maximum Gasteiger partial charge on any atom is 0.251 e. The molecule has 0 unspecified atom stereocenters. The molecule has 0 aromatic carbocycles. The number of pyridine rings is 2. The molecule has 0 radical (unpaired) electrons. The van der Waals surface area contributed by atoms with Gasteiger partial charge in [0.05, 0.1) is 11.0 Å². The summed E-state index contributed by atoms with van der Waals surface area (Å²) in [5.74, 6) is 0. The minimum Gasteiger partial charge on any atom is -0.303 e. The summed E-state index contributed by atoms with van der Waals surface area (Å²) in [6.07, 6.45) is 6.78. The Morgan fingerprint density at radius 2 is 2.19 bits per heavy atom. The van der Waals surface area contributed by atoms with Gasteiger partial charge in [-0.05, 0) is 24.6 Å². The third-order valence-electron chi connectivity index (χ3n) is 2.45. The van der Waals surface area contributed by atoms with Gasteiger partial charge < -0.3 is 4.57 Å². The molecule has 0 N–H and O–H groups in total. The van der Waals surface area contributed by atoms with Gasteiger partial charge in [0.25, 0.3) is 5.56 Å². The Hall–Kier alpha value is -1.90. The second-order valence-corrected chi connectivity index (χ2v) is 3.57. The average Bonchev–Trinajstić information content (AvgIpc) is 2.32. The highest BCUT2D eigenvalue weighted by Gasteiger charge is 2.00. The topological polar surface area (TPSA) is 34.9 Å². The molecule has 2 aromatic rings. The van der Waals surface area contributed by atoms with Crippen LogP contribution in [0.5, 0.6) is 0 Å². The Morgan fingerprint density at radius 1 is 1.31 bits per heavy atom. The van der Waals surface area contributed by atoms with Gasteiger partial charge in [0.15, 0.2) is 0 Å². The first-order valence-corrected chi connectivity index (χ1v) is 5.42. The van der Waals surface area contributed by atoms with Gasteiger partial charge in [0.2, 0.25) is 0 Å². The third kappa shape index (κ3) is 2.03. The van der Waals surface area contributed by atoms with E-state index >= 15 is 0 Å². The number of nitrogens with zero attached hydrogens (tertiary/aromatic N) is 2. The molecule has 0 fully saturated rings. The van der Waals surface area contributed by atoms with E-state index in [0.29, 0.717) is 6.54 Å². The summed E-state index contributed by atoms with van der Waals surface area (Å²) in [6, 6.07) is 7.10. The standard InChI is InChI=1S/C13H14N2O/c1-2-3-4-10-15-12-6-5-9-14-11(12)7-8-13(15)16/h3-9H,2,10H2,1H3. The predicted octanol–water partition coefficient (Wildman–Crippen LogP) is 2.36. The van der Waals surface area contributed by atoms with E-state index < -0.39 is 0 Å². The summed E-state index contributed by atoms with van der Waals surface area (Å²) in [7, 11) is 0. The zero-order valence-corrected chi connectivity index (χ0v) is 9.26. The van der Waals surface area contributed by atoms with Crippen molar-refractivity contribution in [1.29, 1.82) is 0 Å².